The lowest BCUT2D eigenvalue weighted by Crippen LogP contribution is -2.57. The average Bonchev–Trinajstić information content (AvgIpc) is 2.66. The van der Waals surface area contributed by atoms with E-state index in [1.165, 1.54) is 12.1 Å². The monoisotopic (exact) mass is 393 g/mol. The summed E-state index contributed by atoms with van der Waals surface area (Å²) in [6.45, 7) is 4.28. The Morgan fingerprint density at radius 1 is 1.07 bits per heavy atom. The van der Waals surface area contributed by atoms with Crippen LogP contribution in [-0.4, -0.2) is 48.7 Å². The van der Waals surface area contributed by atoms with Crippen molar-refractivity contribution in [2.24, 2.45) is 5.92 Å². The molecular formula is C20H22ClF2N3O. The van der Waals surface area contributed by atoms with E-state index in [2.05, 4.69) is 14.8 Å². The minimum absolute atomic E-state index is 0.258. The Balaban J connectivity index is 1.30. The van der Waals surface area contributed by atoms with Crippen molar-refractivity contribution in [2.45, 2.75) is 18.9 Å². The van der Waals surface area contributed by atoms with Gasteiger partial charge in [-0.25, -0.2) is 13.8 Å². The summed E-state index contributed by atoms with van der Waals surface area (Å²) in [7, 11) is 0. The van der Waals surface area contributed by atoms with Crippen molar-refractivity contribution in [3.05, 3.63) is 53.2 Å². The summed E-state index contributed by atoms with van der Waals surface area (Å²) >= 11 is 5.93. The number of halogens is 3. The topological polar surface area (TPSA) is 28.6 Å². The Morgan fingerprint density at radius 3 is 2.63 bits per heavy atom. The van der Waals surface area contributed by atoms with E-state index in [0.29, 0.717) is 23.6 Å². The standard InChI is InChI=1S/C20H22ClF2N3O/c21-15-2-4-20(24-10-15)26-6-5-25-11-14(1-3-18(25)12-26)13-27-19-8-16(22)7-17(23)9-19/h2,4,7-10,14,18H,1,3,5-6,11-13H2/t14-,18?/m1/s1. The Morgan fingerprint density at radius 2 is 1.89 bits per heavy atom. The van der Waals surface area contributed by atoms with Crippen molar-refractivity contribution < 1.29 is 13.5 Å². The molecule has 3 heterocycles. The maximum Gasteiger partial charge on any atom is 0.129 e. The van der Waals surface area contributed by atoms with E-state index < -0.39 is 11.6 Å². The fourth-order valence-electron chi connectivity index (χ4n) is 3.98. The number of hydrogen-bond acceptors (Lipinski definition) is 4. The Labute approximate surface area is 162 Å². The first-order valence-electron chi connectivity index (χ1n) is 9.26. The number of anilines is 1. The second-order valence-corrected chi connectivity index (χ2v) is 7.73. The summed E-state index contributed by atoms with van der Waals surface area (Å²) in [4.78, 5) is 9.23. The largest absolute Gasteiger partial charge is 0.493 e. The molecule has 0 amide bonds. The summed E-state index contributed by atoms with van der Waals surface area (Å²) in [5.41, 5.74) is 0. The number of nitrogens with zero attached hydrogens (tertiary/aromatic N) is 3. The molecule has 1 unspecified atom stereocenters. The third-order valence-electron chi connectivity index (χ3n) is 5.36. The van der Waals surface area contributed by atoms with Gasteiger partial charge in [0.25, 0.3) is 0 Å². The molecule has 7 heteroatoms. The lowest BCUT2D eigenvalue weighted by atomic mass is 9.91. The number of aromatic nitrogens is 1. The van der Waals surface area contributed by atoms with Crippen LogP contribution in [0.15, 0.2) is 36.5 Å². The number of benzene rings is 1. The number of ether oxygens (including phenoxy) is 1. The molecule has 2 aromatic rings. The van der Waals surface area contributed by atoms with E-state index >= 15 is 0 Å². The van der Waals surface area contributed by atoms with Gasteiger partial charge in [-0.2, -0.15) is 0 Å². The highest BCUT2D eigenvalue weighted by atomic mass is 35.5. The Bertz CT molecular complexity index is 769. The maximum absolute atomic E-state index is 13.3. The van der Waals surface area contributed by atoms with E-state index in [9.17, 15) is 8.78 Å². The highest BCUT2D eigenvalue weighted by molar-refractivity contribution is 6.30. The number of hydrogen-bond donors (Lipinski definition) is 0. The molecule has 0 saturated carbocycles. The highest BCUT2D eigenvalue weighted by Gasteiger charge is 2.33. The van der Waals surface area contributed by atoms with E-state index in [4.69, 9.17) is 16.3 Å². The normalized spacial score (nSPS) is 23.1. The van der Waals surface area contributed by atoms with Crippen LogP contribution in [0.25, 0.3) is 0 Å². The Kier molecular flexibility index (Phi) is 5.45. The molecule has 0 N–H and O–H groups in total. The van der Waals surface area contributed by atoms with Crippen LogP contribution in [0.2, 0.25) is 5.02 Å². The zero-order valence-electron chi connectivity index (χ0n) is 15.0. The predicted octanol–water partition coefficient (Wildman–Crippen LogP) is 3.99. The fraction of sp³-hybridized carbons (Fsp3) is 0.450. The second kappa shape index (κ2) is 7.98. The SMILES string of the molecule is Fc1cc(F)cc(OC[C@@H]2CCC3CN(c4ccc(Cl)cn4)CCN3C2)c1. The summed E-state index contributed by atoms with van der Waals surface area (Å²) in [6, 6.07) is 7.65. The first-order valence-corrected chi connectivity index (χ1v) is 9.64. The number of piperazine rings is 1. The van der Waals surface area contributed by atoms with Crippen LogP contribution in [0, 0.1) is 17.6 Å². The molecular weight excluding hydrogens is 372 g/mol. The summed E-state index contributed by atoms with van der Waals surface area (Å²) in [5.74, 6) is 0.375. The summed E-state index contributed by atoms with van der Waals surface area (Å²) in [5, 5.41) is 0.649. The third kappa shape index (κ3) is 4.50. The van der Waals surface area contributed by atoms with E-state index in [1.807, 2.05) is 12.1 Å². The van der Waals surface area contributed by atoms with Gasteiger partial charge < -0.3 is 9.64 Å². The molecule has 0 aliphatic carbocycles. The molecule has 0 radical (unpaired) electrons. The quantitative estimate of drug-likeness (QED) is 0.785. The minimum atomic E-state index is -0.611. The summed E-state index contributed by atoms with van der Waals surface area (Å²) < 4.78 is 32.2. The fourth-order valence-corrected chi connectivity index (χ4v) is 4.10. The van der Waals surface area contributed by atoms with Crippen LogP contribution in [0.3, 0.4) is 0 Å². The molecule has 2 fully saturated rings. The van der Waals surface area contributed by atoms with Crippen molar-refractivity contribution in [1.29, 1.82) is 0 Å². The first kappa shape index (κ1) is 18.4. The molecule has 144 valence electrons. The molecule has 4 rings (SSSR count). The highest BCUT2D eigenvalue weighted by Crippen LogP contribution is 2.28. The maximum atomic E-state index is 13.3. The van der Waals surface area contributed by atoms with E-state index in [0.717, 1.165) is 50.9 Å². The van der Waals surface area contributed by atoms with Crippen LogP contribution >= 0.6 is 11.6 Å². The molecule has 2 saturated heterocycles. The first-order chi connectivity index (χ1) is 13.1. The lowest BCUT2D eigenvalue weighted by Gasteiger charge is -2.46. The van der Waals surface area contributed by atoms with Gasteiger partial charge in [-0.1, -0.05) is 11.6 Å². The molecule has 27 heavy (non-hydrogen) atoms. The van der Waals surface area contributed by atoms with Crippen molar-refractivity contribution in [3.63, 3.8) is 0 Å². The molecule has 1 aromatic carbocycles. The molecule has 4 nitrogen and oxygen atoms in total. The van der Waals surface area contributed by atoms with Crippen molar-refractivity contribution in [3.8, 4) is 5.75 Å². The van der Waals surface area contributed by atoms with Crippen molar-refractivity contribution in [2.75, 3.05) is 37.7 Å². The molecule has 2 aliphatic heterocycles. The van der Waals surface area contributed by atoms with Gasteiger partial charge in [0.2, 0.25) is 0 Å². The number of pyridine rings is 1. The molecule has 2 aliphatic rings. The number of rotatable bonds is 4. The van der Waals surface area contributed by atoms with Gasteiger partial charge in [-0.15, -0.1) is 0 Å². The van der Waals surface area contributed by atoms with Crippen LogP contribution in [-0.2, 0) is 0 Å². The number of fused-ring (bicyclic) bond motifs is 1. The number of piperidine rings is 1. The molecule has 0 bridgehead atoms. The zero-order valence-corrected chi connectivity index (χ0v) is 15.7. The van der Waals surface area contributed by atoms with Crippen molar-refractivity contribution >= 4 is 17.4 Å². The van der Waals surface area contributed by atoms with Crippen molar-refractivity contribution in [1.82, 2.24) is 9.88 Å². The van der Waals surface area contributed by atoms with Gasteiger partial charge in [0.15, 0.2) is 0 Å². The van der Waals surface area contributed by atoms with Gasteiger partial charge in [-0.3, -0.25) is 4.90 Å². The van der Waals surface area contributed by atoms with Crippen LogP contribution in [0.4, 0.5) is 14.6 Å². The van der Waals surface area contributed by atoms with E-state index in [-0.39, 0.29) is 5.75 Å². The third-order valence-corrected chi connectivity index (χ3v) is 5.59. The van der Waals surface area contributed by atoms with Crippen LogP contribution in [0.1, 0.15) is 12.8 Å². The average molecular weight is 394 g/mol. The van der Waals surface area contributed by atoms with Gasteiger partial charge in [0, 0.05) is 62.5 Å². The Hall–Kier alpha value is -1.92. The molecule has 2 atom stereocenters. The predicted molar refractivity (Wildman–Crippen MR) is 101 cm³/mol. The zero-order chi connectivity index (χ0) is 18.8. The van der Waals surface area contributed by atoms with Gasteiger partial charge in [0.1, 0.15) is 23.2 Å². The van der Waals surface area contributed by atoms with E-state index in [1.54, 1.807) is 6.20 Å². The minimum Gasteiger partial charge on any atom is -0.493 e. The lowest BCUT2D eigenvalue weighted by molar-refractivity contribution is 0.0726. The van der Waals surface area contributed by atoms with Gasteiger partial charge in [0.05, 0.1) is 11.6 Å². The summed E-state index contributed by atoms with van der Waals surface area (Å²) in [6.07, 6.45) is 3.81. The second-order valence-electron chi connectivity index (χ2n) is 7.29. The van der Waals surface area contributed by atoms with Gasteiger partial charge in [-0.05, 0) is 25.0 Å². The van der Waals surface area contributed by atoms with Crippen LogP contribution in [0.5, 0.6) is 5.75 Å². The van der Waals surface area contributed by atoms with Crippen LogP contribution < -0.4 is 9.64 Å². The molecule has 0 spiro atoms. The molecule has 1 aromatic heterocycles. The smallest absolute Gasteiger partial charge is 0.129 e. The van der Waals surface area contributed by atoms with Gasteiger partial charge >= 0.3 is 0 Å².